The Balaban J connectivity index is 1.73. The fourth-order valence-corrected chi connectivity index (χ4v) is 4.21. The smallest absolute Gasteiger partial charge is 0.285 e. The molecule has 0 radical (unpaired) electrons. The first-order valence-electron chi connectivity index (χ1n) is 7.89. The zero-order valence-corrected chi connectivity index (χ0v) is 14.1. The van der Waals surface area contributed by atoms with Crippen LogP contribution < -0.4 is 10.2 Å². The molecule has 2 aromatic carbocycles. The van der Waals surface area contributed by atoms with Gasteiger partial charge in [-0.3, -0.25) is 0 Å². The summed E-state index contributed by atoms with van der Waals surface area (Å²) in [6.45, 7) is 2.71. The molecule has 1 N–H and O–H groups in total. The summed E-state index contributed by atoms with van der Waals surface area (Å²) in [4.78, 5) is 2.02. The third-order valence-electron chi connectivity index (χ3n) is 4.21. The Kier molecular flexibility index (Phi) is 3.93. The highest BCUT2D eigenvalue weighted by Gasteiger charge is 2.32. The lowest BCUT2D eigenvalue weighted by molar-refractivity contribution is 0.123. The molecule has 2 aromatic rings. The van der Waals surface area contributed by atoms with Crippen LogP contribution in [-0.2, 0) is 14.8 Å². The third-order valence-corrected chi connectivity index (χ3v) is 5.53. The molecule has 0 aliphatic carbocycles. The van der Waals surface area contributed by atoms with Gasteiger partial charge in [-0.05, 0) is 24.3 Å². The summed E-state index contributed by atoms with van der Waals surface area (Å²) in [5.74, 6) is -0.609. The molecule has 1 fully saturated rings. The Hall–Kier alpha value is -2.45. The molecule has 8 heteroatoms. The van der Waals surface area contributed by atoms with Gasteiger partial charge in [-0.1, -0.05) is 18.2 Å². The van der Waals surface area contributed by atoms with E-state index in [2.05, 4.69) is 14.6 Å². The van der Waals surface area contributed by atoms with Gasteiger partial charge in [-0.25, -0.2) is 4.39 Å². The summed E-state index contributed by atoms with van der Waals surface area (Å²) < 4.78 is 47.7. The highest BCUT2D eigenvalue weighted by molar-refractivity contribution is 7.90. The van der Waals surface area contributed by atoms with Crippen molar-refractivity contribution in [3.05, 3.63) is 53.8 Å². The number of halogens is 1. The van der Waals surface area contributed by atoms with Crippen LogP contribution in [0.4, 0.5) is 15.8 Å². The number of hydrogen-bond acceptors (Lipinski definition) is 5. The molecule has 0 aromatic heterocycles. The van der Waals surface area contributed by atoms with Crippen LogP contribution in [0.5, 0.6) is 0 Å². The van der Waals surface area contributed by atoms with E-state index in [1.165, 1.54) is 18.2 Å². The van der Waals surface area contributed by atoms with E-state index < -0.39 is 15.8 Å². The number of ether oxygens (including phenoxy) is 1. The number of sulfonamides is 1. The fourth-order valence-electron chi connectivity index (χ4n) is 3.04. The molecule has 2 heterocycles. The third kappa shape index (κ3) is 2.87. The lowest BCUT2D eigenvalue weighted by Crippen LogP contribution is -2.36. The molecule has 0 spiro atoms. The van der Waals surface area contributed by atoms with Gasteiger partial charge < -0.3 is 15.0 Å². The van der Waals surface area contributed by atoms with E-state index in [9.17, 15) is 12.8 Å². The first kappa shape index (κ1) is 16.0. The van der Waals surface area contributed by atoms with E-state index in [1.807, 2.05) is 24.3 Å². The molecule has 0 atom stereocenters. The first-order valence-corrected chi connectivity index (χ1v) is 9.33. The van der Waals surface area contributed by atoms with Crippen molar-refractivity contribution in [1.82, 2.24) is 0 Å². The minimum Gasteiger partial charge on any atom is -0.378 e. The number of morpholine rings is 1. The second-order valence-corrected chi connectivity index (χ2v) is 7.34. The second-order valence-electron chi connectivity index (χ2n) is 5.77. The molecule has 2 aliphatic rings. The summed E-state index contributed by atoms with van der Waals surface area (Å²) in [5, 5.41) is 3.01. The molecular weight excluding hydrogens is 345 g/mol. The Morgan fingerprint density at radius 3 is 2.64 bits per heavy atom. The quantitative estimate of drug-likeness (QED) is 0.888. The van der Waals surface area contributed by atoms with Crippen LogP contribution in [0, 0.1) is 5.82 Å². The number of rotatable bonds is 2. The predicted octanol–water partition coefficient (Wildman–Crippen LogP) is 2.22. The number of nitrogens with one attached hydrogen (secondary N) is 1. The van der Waals surface area contributed by atoms with Gasteiger partial charge in [0, 0.05) is 13.1 Å². The van der Waals surface area contributed by atoms with Gasteiger partial charge in [0.15, 0.2) is 5.84 Å². The zero-order valence-electron chi connectivity index (χ0n) is 13.3. The second kappa shape index (κ2) is 6.12. The van der Waals surface area contributed by atoms with Crippen molar-refractivity contribution in [3.63, 3.8) is 0 Å². The standard InChI is InChI=1S/C17H16FN3O3S/c18-12-4-3-7-15-16(12)17(20-25(15,22)23)19-13-5-1-2-6-14(13)21-8-10-24-11-9-21/h1-7H,8-11H2,(H,19,20). The van der Waals surface area contributed by atoms with Crippen molar-refractivity contribution in [3.8, 4) is 0 Å². The van der Waals surface area contributed by atoms with E-state index in [0.29, 0.717) is 18.9 Å². The van der Waals surface area contributed by atoms with Crippen molar-refractivity contribution in [2.75, 3.05) is 36.5 Å². The highest BCUT2D eigenvalue weighted by atomic mass is 32.2. The SMILES string of the molecule is O=S1(=O)N=C(Nc2ccccc2N2CCOCC2)c2c(F)cccc21. The van der Waals surface area contributed by atoms with Crippen molar-refractivity contribution in [1.29, 1.82) is 0 Å². The molecule has 0 amide bonds. The normalized spacial score (nSPS) is 18.6. The van der Waals surface area contributed by atoms with Crippen molar-refractivity contribution in [2.24, 2.45) is 4.40 Å². The van der Waals surface area contributed by atoms with Crippen LogP contribution >= 0.6 is 0 Å². The van der Waals surface area contributed by atoms with Gasteiger partial charge in [-0.15, -0.1) is 4.40 Å². The minimum atomic E-state index is -3.88. The largest absolute Gasteiger partial charge is 0.378 e. The average Bonchev–Trinajstić information content (AvgIpc) is 2.88. The number of anilines is 2. The Bertz CT molecular complexity index is 953. The molecular formula is C17H16FN3O3S. The fraction of sp³-hybridized carbons (Fsp3) is 0.235. The zero-order chi connectivity index (χ0) is 17.4. The van der Waals surface area contributed by atoms with Crippen LogP contribution in [0.2, 0.25) is 0 Å². The van der Waals surface area contributed by atoms with Gasteiger partial charge in [0.1, 0.15) is 10.7 Å². The van der Waals surface area contributed by atoms with Gasteiger partial charge >= 0.3 is 0 Å². The number of hydrogen-bond donors (Lipinski definition) is 1. The maximum atomic E-state index is 14.2. The van der Waals surface area contributed by atoms with Crippen LogP contribution in [0.15, 0.2) is 51.8 Å². The molecule has 2 aliphatic heterocycles. The molecule has 0 unspecified atom stereocenters. The average molecular weight is 361 g/mol. The summed E-state index contributed by atoms with van der Waals surface area (Å²) >= 11 is 0. The molecule has 4 rings (SSSR count). The lowest BCUT2D eigenvalue weighted by atomic mass is 10.1. The number of para-hydroxylation sites is 2. The Labute approximate surface area is 145 Å². The minimum absolute atomic E-state index is 0.00816. The van der Waals surface area contributed by atoms with Crippen molar-refractivity contribution in [2.45, 2.75) is 4.90 Å². The van der Waals surface area contributed by atoms with Gasteiger partial charge in [-0.2, -0.15) is 8.42 Å². The first-order chi connectivity index (χ1) is 12.1. The summed E-state index contributed by atoms with van der Waals surface area (Å²) in [6, 6.07) is 11.4. The number of nitrogens with zero attached hydrogens (tertiary/aromatic N) is 2. The van der Waals surface area contributed by atoms with E-state index >= 15 is 0 Å². The van der Waals surface area contributed by atoms with Crippen molar-refractivity contribution < 1.29 is 17.5 Å². The number of fused-ring (bicyclic) bond motifs is 1. The van der Waals surface area contributed by atoms with Crippen LogP contribution in [-0.4, -0.2) is 40.6 Å². The molecule has 6 nitrogen and oxygen atoms in total. The Morgan fingerprint density at radius 2 is 1.84 bits per heavy atom. The number of amidine groups is 1. The maximum Gasteiger partial charge on any atom is 0.285 e. The van der Waals surface area contributed by atoms with Crippen molar-refractivity contribution >= 4 is 27.2 Å². The van der Waals surface area contributed by atoms with Crippen LogP contribution in [0.25, 0.3) is 0 Å². The molecule has 25 heavy (non-hydrogen) atoms. The molecule has 130 valence electrons. The van der Waals surface area contributed by atoms with Gasteiger partial charge in [0.25, 0.3) is 10.0 Å². The van der Waals surface area contributed by atoms with E-state index in [-0.39, 0.29) is 16.3 Å². The molecule has 1 saturated heterocycles. The molecule has 0 saturated carbocycles. The Morgan fingerprint density at radius 1 is 1.08 bits per heavy atom. The van der Waals surface area contributed by atoms with Crippen LogP contribution in [0.3, 0.4) is 0 Å². The van der Waals surface area contributed by atoms with E-state index in [0.717, 1.165) is 18.8 Å². The monoisotopic (exact) mass is 361 g/mol. The van der Waals surface area contributed by atoms with Gasteiger partial charge in [0.05, 0.1) is 30.2 Å². The summed E-state index contributed by atoms with van der Waals surface area (Å²) in [7, 11) is -3.88. The lowest BCUT2D eigenvalue weighted by Gasteiger charge is -2.30. The summed E-state index contributed by atoms with van der Waals surface area (Å²) in [6.07, 6.45) is 0. The molecule has 0 bridgehead atoms. The highest BCUT2D eigenvalue weighted by Crippen LogP contribution is 2.32. The summed E-state index contributed by atoms with van der Waals surface area (Å²) in [5.41, 5.74) is 1.56. The topological polar surface area (TPSA) is 71.0 Å². The number of benzene rings is 2. The maximum absolute atomic E-state index is 14.2. The van der Waals surface area contributed by atoms with Gasteiger partial charge in [0.2, 0.25) is 0 Å². The predicted molar refractivity (Wildman–Crippen MR) is 93.2 cm³/mol. The van der Waals surface area contributed by atoms with E-state index in [1.54, 1.807) is 0 Å². The van der Waals surface area contributed by atoms with E-state index in [4.69, 9.17) is 4.74 Å². The van der Waals surface area contributed by atoms with Crippen LogP contribution in [0.1, 0.15) is 5.56 Å².